The molecule has 4 amide bonds. The third kappa shape index (κ3) is 9.01. The molecule has 10 rings (SSSR count). The van der Waals surface area contributed by atoms with Gasteiger partial charge in [0.25, 0.3) is 5.91 Å². The molecule has 4 N–H and O–H groups in total. The first-order valence-electron chi connectivity index (χ1n) is 22.7. The molecular formula is C53H46N8O7S. The van der Waals surface area contributed by atoms with E-state index >= 15 is 0 Å². The van der Waals surface area contributed by atoms with E-state index in [1.54, 1.807) is 29.9 Å². The number of rotatable bonds is 13. The van der Waals surface area contributed by atoms with Gasteiger partial charge in [-0.15, -0.1) is 0 Å². The number of imide groups is 1. The number of thiazole rings is 1. The zero-order chi connectivity index (χ0) is 47.8. The van der Waals surface area contributed by atoms with Gasteiger partial charge in [0.15, 0.2) is 10.8 Å². The molecule has 5 aromatic carbocycles. The molecule has 1 fully saturated rings. The van der Waals surface area contributed by atoms with Crippen molar-refractivity contribution in [3.8, 4) is 22.6 Å². The highest BCUT2D eigenvalue weighted by Gasteiger charge is 2.32. The third-order valence-corrected chi connectivity index (χ3v) is 13.7. The summed E-state index contributed by atoms with van der Waals surface area (Å²) in [5.74, 6) is -1.18. The first kappa shape index (κ1) is 44.6. The minimum atomic E-state index is -1.17. The Kier molecular flexibility index (Phi) is 12.1. The summed E-state index contributed by atoms with van der Waals surface area (Å²) in [4.78, 5) is 75.7. The third-order valence-electron chi connectivity index (χ3n) is 12.8. The van der Waals surface area contributed by atoms with E-state index in [-0.39, 0.29) is 42.2 Å². The van der Waals surface area contributed by atoms with Crippen molar-refractivity contribution in [3.63, 3.8) is 0 Å². The topological polar surface area (TPSA) is 198 Å². The fourth-order valence-electron chi connectivity index (χ4n) is 9.36. The second-order valence-electron chi connectivity index (χ2n) is 17.2. The number of ether oxygens (including phenoxy) is 1. The van der Waals surface area contributed by atoms with E-state index in [9.17, 15) is 29.1 Å². The predicted molar refractivity (Wildman–Crippen MR) is 264 cm³/mol. The van der Waals surface area contributed by atoms with Gasteiger partial charge < -0.3 is 20.1 Å². The predicted octanol–water partition coefficient (Wildman–Crippen LogP) is 9.34. The SMILES string of the molecule is Cc1c(Oc2ccccc2CCCC(=O)Nc2cccc3c(C4CCC(=O)NC4=O)nn(C)c23)cccc1-c1ccc(N2CCc3cccc(C(=O)Nc4nc5ccccc5s4)c3C2)nc1C(=O)O. The second-order valence-corrected chi connectivity index (χ2v) is 18.2. The Morgan fingerprint density at radius 1 is 0.855 bits per heavy atom. The highest BCUT2D eigenvalue weighted by molar-refractivity contribution is 7.22. The fourth-order valence-corrected chi connectivity index (χ4v) is 10.2. The lowest BCUT2D eigenvalue weighted by Gasteiger charge is -2.31. The largest absolute Gasteiger partial charge is 0.476 e. The molecule has 0 radical (unpaired) electrons. The number of carbonyl (C=O) groups is 5. The number of para-hydroxylation sites is 3. The number of carboxylic acids is 1. The maximum atomic E-state index is 13.7. The highest BCUT2D eigenvalue weighted by atomic mass is 32.1. The van der Waals surface area contributed by atoms with Crippen molar-refractivity contribution in [2.75, 3.05) is 22.1 Å². The molecule has 16 heteroatoms. The van der Waals surface area contributed by atoms with Crippen molar-refractivity contribution in [2.45, 2.75) is 57.9 Å². The van der Waals surface area contributed by atoms with E-state index in [0.29, 0.717) is 94.8 Å². The molecular weight excluding hydrogens is 893 g/mol. The van der Waals surface area contributed by atoms with E-state index in [4.69, 9.17) is 9.72 Å². The summed E-state index contributed by atoms with van der Waals surface area (Å²) in [6.07, 6.45) is 2.55. The lowest BCUT2D eigenvalue weighted by atomic mass is 9.92. The number of piperidine rings is 1. The number of aromatic carboxylic acids is 1. The summed E-state index contributed by atoms with van der Waals surface area (Å²) in [5.41, 5.74) is 7.72. The molecule has 69 heavy (non-hydrogen) atoms. The van der Waals surface area contributed by atoms with Gasteiger partial charge in [-0.05, 0) is 109 Å². The van der Waals surface area contributed by atoms with Crippen molar-refractivity contribution >= 4 is 78.7 Å². The number of benzene rings is 5. The van der Waals surface area contributed by atoms with Gasteiger partial charge in [-0.2, -0.15) is 5.10 Å². The van der Waals surface area contributed by atoms with Gasteiger partial charge in [-0.1, -0.05) is 78.1 Å². The Morgan fingerprint density at radius 2 is 1.65 bits per heavy atom. The number of anilines is 3. The monoisotopic (exact) mass is 938 g/mol. The van der Waals surface area contributed by atoms with Crippen LogP contribution in [0.1, 0.15) is 80.4 Å². The van der Waals surface area contributed by atoms with Gasteiger partial charge in [0.2, 0.25) is 17.7 Å². The molecule has 2 aliphatic heterocycles. The summed E-state index contributed by atoms with van der Waals surface area (Å²) >= 11 is 1.42. The number of pyridine rings is 1. The summed E-state index contributed by atoms with van der Waals surface area (Å²) in [6, 6.07) is 35.7. The van der Waals surface area contributed by atoms with E-state index in [0.717, 1.165) is 37.9 Å². The Bertz CT molecular complexity index is 3350. The minimum absolute atomic E-state index is 0.103. The molecule has 0 saturated carbocycles. The highest BCUT2D eigenvalue weighted by Crippen LogP contribution is 2.38. The molecule has 8 aromatic rings. The first-order valence-corrected chi connectivity index (χ1v) is 23.5. The van der Waals surface area contributed by atoms with Gasteiger partial charge in [0.1, 0.15) is 17.3 Å². The number of nitrogens with one attached hydrogen (secondary N) is 3. The number of hydrogen-bond acceptors (Lipinski definition) is 11. The van der Waals surface area contributed by atoms with Gasteiger partial charge >= 0.3 is 5.97 Å². The van der Waals surface area contributed by atoms with Crippen LogP contribution in [0.4, 0.5) is 16.6 Å². The quantitative estimate of drug-likeness (QED) is 0.0804. The smallest absolute Gasteiger partial charge is 0.355 e. The lowest BCUT2D eigenvalue weighted by Crippen LogP contribution is -2.39. The zero-order valence-electron chi connectivity index (χ0n) is 37.7. The van der Waals surface area contributed by atoms with Crippen LogP contribution in [0.25, 0.3) is 32.2 Å². The van der Waals surface area contributed by atoms with Crippen LogP contribution in [0.3, 0.4) is 0 Å². The Balaban J connectivity index is 0.816. The van der Waals surface area contributed by atoms with Crippen molar-refractivity contribution < 1.29 is 33.8 Å². The number of nitrogens with zero attached hydrogens (tertiary/aromatic N) is 5. The van der Waals surface area contributed by atoms with Crippen LogP contribution in [-0.4, -0.2) is 61.0 Å². The molecule has 0 spiro atoms. The van der Waals surface area contributed by atoms with Crippen LogP contribution in [0.15, 0.2) is 115 Å². The Morgan fingerprint density at radius 3 is 2.49 bits per heavy atom. The van der Waals surface area contributed by atoms with Crippen LogP contribution in [0.5, 0.6) is 11.5 Å². The second kappa shape index (κ2) is 18.8. The number of aromatic nitrogens is 4. The fraction of sp³-hybridized carbons (Fsp3) is 0.208. The van der Waals surface area contributed by atoms with Crippen molar-refractivity contribution in [1.82, 2.24) is 25.1 Å². The Hall–Kier alpha value is -8.24. The molecule has 0 aliphatic carbocycles. The van der Waals surface area contributed by atoms with E-state index in [1.165, 1.54) is 11.3 Å². The van der Waals surface area contributed by atoms with Crippen molar-refractivity contribution in [3.05, 3.63) is 154 Å². The number of fused-ring (bicyclic) bond motifs is 3. The molecule has 346 valence electrons. The number of aryl methyl sites for hydroxylation is 2. The maximum absolute atomic E-state index is 13.7. The normalized spacial score (nSPS) is 14.6. The van der Waals surface area contributed by atoms with Gasteiger partial charge in [0.05, 0.1) is 33.0 Å². The van der Waals surface area contributed by atoms with Crippen molar-refractivity contribution in [2.24, 2.45) is 7.05 Å². The first-order chi connectivity index (χ1) is 33.5. The molecule has 3 aromatic heterocycles. The summed E-state index contributed by atoms with van der Waals surface area (Å²) in [7, 11) is 1.77. The molecule has 1 unspecified atom stereocenters. The average Bonchev–Trinajstić information content (AvgIpc) is 3.92. The molecule has 5 heterocycles. The summed E-state index contributed by atoms with van der Waals surface area (Å²) < 4.78 is 9.19. The average molecular weight is 939 g/mol. The van der Waals surface area contributed by atoms with Gasteiger partial charge in [-0.25, -0.2) is 14.8 Å². The number of carboxylic acid groups (broad SMARTS) is 1. The standard InChI is InChI=1S/C53H46N8O7S/c1-30-33(34-23-25-44(56-48(34)52(66)67)61-28-27-31-12-7-15-35(38(31)29-61)50(64)58-53-55-39-17-4-6-21-43(39)69-53)14-10-20-41(30)68-42-19-5-3-11-32(42)13-8-22-45(62)54-40-18-9-16-36-47(59-60(2)49(36)40)37-24-26-46(63)57-51(37)65/h3-7,9-12,14-21,23,25,37H,8,13,22,24,26-29H2,1-2H3,(H,54,62)(H,66,67)(H,55,58,64)(H,57,63,65). The number of carbonyl (C=O) groups excluding carboxylic acids is 4. The van der Waals surface area contributed by atoms with E-state index < -0.39 is 11.9 Å². The zero-order valence-corrected chi connectivity index (χ0v) is 38.6. The van der Waals surface area contributed by atoms with Gasteiger partial charge in [-0.3, -0.25) is 34.5 Å². The van der Waals surface area contributed by atoms with E-state index in [1.807, 2.05) is 109 Å². The van der Waals surface area contributed by atoms with Crippen LogP contribution in [0, 0.1) is 6.92 Å². The van der Waals surface area contributed by atoms with Crippen LogP contribution in [0.2, 0.25) is 0 Å². The summed E-state index contributed by atoms with van der Waals surface area (Å²) in [6.45, 7) is 2.84. The molecule has 2 aliphatic rings. The molecule has 1 saturated heterocycles. The minimum Gasteiger partial charge on any atom is -0.476 e. The molecule has 0 bridgehead atoms. The summed E-state index contributed by atoms with van der Waals surface area (Å²) in [5, 5.41) is 24.9. The van der Waals surface area contributed by atoms with E-state index in [2.05, 4.69) is 26.0 Å². The molecule has 1 atom stereocenters. The number of hydrogen-bond donors (Lipinski definition) is 4. The van der Waals surface area contributed by atoms with Crippen LogP contribution < -0.4 is 25.6 Å². The number of amides is 4. The maximum Gasteiger partial charge on any atom is 0.355 e. The molecule has 15 nitrogen and oxygen atoms in total. The van der Waals surface area contributed by atoms with Gasteiger partial charge in [0, 0.05) is 49.5 Å². The Labute approximate surface area is 400 Å². The van der Waals surface area contributed by atoms with Crippen LogP contribution >= 0.6 is 11.3 Å². The lowest BCUT2D eigenvalue weighted by molar-refractivity contribution is -0.134. The van der Waals surface area contributed by atoms with Crippen molar-refractivity contribution in [1.29, 1.82) is 0 Å². The van der Waals surface area contributed by atoms with Crippen LogP contribution in [-0.2, 0) is 40.8 Å².